The Bertz CT molecular complexity index is 1330. The van der Waals surface area contributed by atoms with Crippen LogP contribution in [0.5, 0.6) is 11.5 Å². The lowest BCUT2D eigenvalue weighted by molar-refractivity contribution is -0.116. The van der Waals surface area contributed by atoms with Crippen molar-refractivity contribution in [2.45, 2.75) is 12.8 Å². The average Bonchev–Trinajstić information content (AvgIpc) is 3.55. The molecule has 0 bridgehead atoms. The lowest BCUT2D eigenvalue weighted by Crippen LogP contribution is -2.36. The SMILES string of the molecule is COc1ccc(-c2noc(CCC(=O)Nc3ccc4nc(N5CCOCC5)sc4c3)n2)cc1OC. The van der Waals surface area contributed by atoms with Gasteiger partial charge >= 0.3 is 0 Å². The molecule has 0 atom stereocenters. The van der Waals surface area contributed by atoms with Gasteiger partial charge in [0.05, 0.1) is 37.6 Å². The Kier molecular flexibility index (Phi) is 6.77. The third kappa shape index (κ3) is 5.20. The molecule has 35 heavy (non-hydrogen) atoms. The summed E-state index contributed by atoms with van der Waals surface area (Å²) in [5.74, 6) is 1.87. The highest BCUT2D eigenvalue weighted by molar-refractivity contribution is 7.22. The normalized spacial score (nSPS) is 13.7. The number of carbonyl (C=O) groups excluding carboxylic acids is 1. The zero-order valence-electron chi connectivity index (χ0n) is 19.4. The molecule has 5 rings (SSSR count). The van der Waals surface area contributed by atoms with E-state index in [1.165, 1.54) is 0 Å². The van der Waals surface area contributed by atoms with Crippen LogP contribution < -0.4 is 19.7 Å². The van der Waals surface area contributed by atoms with Gasteiger partial charge in [0.25, 0.3) is 0 Å². The largest absolute Gasteiger partial charge is 0.493 e. The number of methoxy groups -OCH3 is 2. The first-order chi connectivity index (χ1) is 17.1. The molecule has 11 heteroatoms. The number of ether oxygens (including phenoxy) is 3. The van der Waals surface area contributed by atoms with Crippen molar-refractivity contribution in [3.63, 3.8) is 0 Å². The van der Waals surface area contributed by atoms with Crippen molar-refractivity contribution in [1.29, 1.82) is 0 Å². The highest BCUT2D eigenvalue weighted by atomic mass is 32.1. The van der Waals surface area contributed by atoms with E-state index in [0.29, 0.717) is 42.8 Å². The Hall–Kier alpha value is -3.70. The van der Waals surface area contributed by atoms with E-state index >= 15 is 0 Å². The summed E-state index contributed by atoms with van der Waals surface area (Å²) in [7, 11) is 3.14. The molecule has 1 amide bonds. The molecule has 0 radical (unpaired) electrons. The van der Waals surface area contributed by atoms with Gasteiger partial charge in [-0.25, -0.2) is 4.98 Å². The minimum atomic E-state index is -0.131. The van der Waals surface area contributed by atoms with Crippen LogP contribution in [0.3, 0.4) is 0 Å². The second-order valence-corrected chi connectivity index (χ2v) is 8.92. The lowest BCUT2D eigenvalue weighted by atomic mass is 10.2. The number of fused-ring (bicyclic) bond motifs is 1. The summed E-state index contributed by atoms with van der Waals surface area (Å²) in [6.45, 7) is 3.11. The topological polar surface area (TPSA) is 112 Å². The number of hydrogen-bond acceptors (Lipinski definition) is 10. The molecule has 182 valence electrons. The van der Waals surface area contributed by atoms with E-state index in [1.807, 2.05) is 24.3 Å². The van der Waals surface area contributed by atoms with Crippen LogP contribution >= 0.6 is 11.3 Å². The molecule has 1 N–H and O–H groups in total. The number of morpholine rings is 1. The summed E-state index contributed by atoms with van der Waals surface area (Å²) < 4.78 is 22.4. The minimum absolute atomic E-state index is 0.131. The van der Waals surface area contributed by atoms with Gasteiger partial charge in [0, 0.05) is 37.2 Å². The quantitative estimate of drug-likeness (QED) is 0.390. The van der Waals surface area contributed by atoms with E-state index in [-0.39, 0.29) is 12.3 Å². The van der Waals surface area contributed by atoms with Gasteiger partial charge in [0.2, 0.25) is 17.6 Å². The first-order valence-corrected chi connectivity index (χ1v) is 12.0. The van der Waals surface area contributed by atoms with Crippen LogP contribution in [0.15, 0.2) is 40.9 Å². The Balaban J connectivity index is 1.19. The number of thiazole rings is 1. The van der Waals surface area contributed by atoms with E-state index in [1.54, 1.807) is 37.7 Å². The number of aryl methyl sites for hydroxylation is 1. The molecule has 1 fully saturated rings. The van der Waals surface area contributed by atoms with E-state index in [0.717, 1.165) is 39.7 Å². The van der Waals surface area contributed by atoms with E-state index in [4.69, 9.17) is 23.7 Å². The van der Waals surface area contributed by atoms with Crippen molar-refractivity contribution in [2.24, 2.45) is 0 Å². The molecule has 1 saturated heterocycles. The number of nitrogens with zero attached hydrogens (tertiary/aromatic N) is 4. The fourth-order valence-electron chi connectivity index (χ4n) is 3.77. The van der Waals surface area contributed by atoms with E-state index in [9.17, 15) is 4.79 Å². The van der Waals surface area contributed by atoms with Gasteiger partial charge in [0.15, 0.2) is 16.6 Å². The number of rotatable bonds is 8. The van der Waals surface area contributed by atoms with Gasteiger partial charge in [-0.15, -0.1) is 0 Å². The Morgan fingerprint density at radius 3 is 2.71 bits per heavy atom. The van der Waals surface area contributed by atoms with Crippen molar-refractivity contribution in [1.82, 2.24) is 15.1 Å². The summed E-state index contributed by atoms with van der Waals surface area (Å²) in [5.41, 5.74) is 2.38. The van der Waals surface area contributed by atoms with Crippen LogP contribution in [-0.2, 0) is 16.0 Å². The maximum atomic E-state index is 12.5. The second kappa shape index (κ2) is 10.3. The number of carbonyl (C=O) groups is 1. The Morgan fingerprint density at radius 1 is 1.09 bits per heavy atom. The standard InChI is InChI=1S/C24H25N5O5S/c1-31-18-6-3-15(13-19(18)32-2)23-27-22(34-28-23)8-7-21(30)25-16-4-5-17-20(14-16)35-24(26-17)29-9-11-33-12-10-29/h3-6,13-14H,7-12H2,1-2H3,(H,25,30). The van der Waals surface area contributed by atoms with Gasteiger partial charge in [-0.05, 0) is 36.4 Å². The van der Waals surface area contributed by atoms with Crippen LogP contribution in [0.25, 0.3) is 21.6 Å². The van der Waals surface area contributed by atoms with Crippen LogP contribution in [0.4, 0.5) is 10.8 Å². The van der Waals surface area contributed by atoms with Gasteiger partial charge in [-0.3, -0.25) is 4.79 Å². The van der Waals surface area contributed by atoms with Crippen molar-refractivity contribution >= 4 is 38.3 Å². The predicted octanol–water partition coefficient (Wildman–Crippen LogP) is 3.77. The maximum Gasteiger partial charge on any atom is 0.227 e. The van der Waals surface area contributed by atoms with Crippen LogP contribution in [0.2, 0.25) is 0 Å². The summed E-state index contributed by atoms with van der Waals surface area (Å²) in [5, 5.41) is 7.95. The molecular formula is C24H25N5O5S. The second-order valence-electron chi connectivity index (χ2n) is 7.91. The fraction of sp³-hybridized carbons (Fsp3) is 0.333. The zero-order valence-corrected chi connectivity index (χ0v) is 20.3. The molecule has 0 unspecified atom stereocenters. The van der Waals surface area contributed by atoms with E-state index < -0.39 is 0 Å². The summed E-state index contributed by atoms with van der Waals surface area (Å²) in [4.78, 5) is 23.9. The molecule has 2 aromatic carbocycles. The van der Waals surface area contributed by atoms with Crippen LogP contribution in [0.1, 0.15) is 12.3 Å². The number of nitrogens with one attached hydrogen (secondary N) is 1. The first kappa shape index (κ1) is 23.1. The van der Waals surface area contributed by atoms with Gasteiger partial charge in [0.1, 0.15) is 0 Å². The lowest BCUT2D eigenvalue weighted by Gasteiger charge is -2.25. The number of amides is 1. The Morgan fingerprint density at radius 2 is 1.91 bits per heavy atom. The molecule has 1 aliphatic heterocycles. The molecule has 0 aliphatic carbocycles. The third-order valence-electron chi connectivity index (χ3n) is 5.62. The van der Waals surface area contributed by atoms with Crippen molar-refractivity contribution in [2.75, 3.05) is 50.7 Å². The van der Waals surface area contributed by atoms with Crippen molar-refractivity contribution in [3.8, 4) is 22.9 Å². The molecule has 0 saturated carbocycles. The summed E-state index contributed by atoms with van der Waals surface area (Å²) in [6.07, 6.45) is 0.545. The van der Waals surface area contributed by atoms with Gasteiger partial charge in [-0.2, -0.15) is 4.98 Å². The van der Waals surface area contributed by atoms with E-state index in [2.05, 4.69) is 20.4 Å². The average molecular weight is 496 g/mol. The summed E-state index contributed by atoms with van der Waals surface area (Å²) in [6, 6.07) is 11.1. The zero-order chi connectivity index (χ0) is 24.2. The number of benzene rings is 2. The number of hydrogen-bond donors (Lipinski definition) is 1. The predicted molar refractivity (Wildman–Crippen MR) is 132 cm³/mol. The first-order valence-electron chi connectivity index (χ1n) is 11.2. The van der Waals surface area contributed by atoms with Crippen LogP contribution in [0, 0.1) is 0 Å². The molecule has 2 aromatic heterocycles. The smallest absolute Gasteiger partial charge is 0.227 e. The molecule has 3 heterocycles. The van der Waals surface area contributed by atoms with Crippen molar-refractivity contribution < 1.29 is 23.5 Å². The fourth-order valence-corrected chi connectivity index (χ4v) is 4.83. The highest BCUT2D eigenvalue weighted by Crippen LogP contribution is 2.32. The molecular weight excluding hydrogens is 470 g/mol. The minimum Gasteiger partial charge on any atom is -0.493 e. The Labute approximate surface area is 205 Å². The van der Waals surface area contributed by atoms with Gasteiger partial charge in [-0.1, -0.05) is 16.5 Å². The molecule has 1 aliphatic rings. The molecule has 4 aromatic rings. The van der Waals surface area contributed by atoms with Gasteiger partial charge < -0.3 is 29.0 Å². The molecule has 0 spiro atoms. The summed E-state index contributed by atoms with van der Waals surface area (Å²) >= 11 is 1.62. The van der Waals surface area contributed by atoms with Crippen molar-refractivity contribution in [3.05, 3.63) is 42.3 Å². The van der Waals surface area contributed by atoms with Crippen LogP contribution in [-0.4, -0.2) is 61.6 Å². The number of aromatic nitrogens is 3. The molecule has 10 nitrogen and oxygen atoms in total. The monoisotopic (exact) mass is 495 g/mol. The highest BCUT2D eigenvalue weighted by Gasteiger charge is 2.17. The third-order valence-corrected chi connectivity index (χ3v) is 6.70. The maximum absolute atomic E-state index is 12.5. The number of anilines is 2.